The molecule has 2 aromatic heterocycles. The number of rotatable bonds is 2. The van der Waals surface area contributed by atoms with Crippen LogP contribution in [0, 0.1) is 6.92 Å². The van der Waals surface area contributed by atoms with Gasteiger partial charge in [-0.3, -0.25) is 9.78 Å². The van der Waals surface area contributed by atoms with Gasteiger partial charge in [0.2, 0.25) is 5.78 Å². The van der Waals surface area contributed by atoms with Crippen molar-refractivity contribution in [3.63, 3.8) is 0 Å². The van der Waals surface area contributed by atoms with Crippen molar-refractivity contribution in [2.24, 2.45) is 0 Å². The highest BCUT2D eigenvalue weighted by atomic mass is 16.1. The van der Waals surface area contributed by atoms with Gasteiger partial charge in [0.1, 0.15) is 12.0 Å². The zero-order valence-corrected chi connectivity index (χ0v) is 8.21. The molecule has 0 radical (unpaired) electrons. The van der Waals surface area contributed by atoms with Gasteiger partial charge in [-0.25, -0.2) is 9.97 Å². The lowest BCUT2D eigenvalue weighted by Crippen LogP contribution is -2.06. The topological polar surface area (TPSA) is 55.7 Å². The maximum absolute atomic E-state index is 11.9. The van der Waals surface area contributed by atoms with Crippen LogP contribution in [0.15, 0.2) is 37.1 Å². The second-order valence-electron chi connectivity index (χ2n) is 3.11. The highest BCUT2D eigenvalue weighted by Gasteiger charge is 2.12. The Labute approximate surface area is 87.0 Å². The predicted molar refractivity (Wildman–Crippen MR) is 54.4 cm³/mol. The molecule has 2 rings (SSSR count). The minimum absolute atomic E-state index is 0.122. The number of carbonyl (C=O) groups is 1. The normalized spacial score (nSPS) is 9.93. The monoisotopic (exact) mass is 199 g/mol. The molecular weight excluding hydrogens is 190 g/mol. The molecule has 4 heteroatoms. The zero-order valence-electron chi connectivity index (χ0n) is 8.21. The van der Waals surface area contributed by atoms with E-state index in [1.165, 1.54) is 6.33 Å². The van der Waals surface area contributed by atoms with E-state index in [0.29, 0.717) is 11.3 Å². The number of hydrogen-bond acceptors (Lipinski definition) is 4. The van der Waals surface area contributed by atoms with Gasteiger partial charge in [-0.15, -0.1) is 0 Å². The summed E-state index contributed by atoms with van der Waals surface area (Å²) < 4.78 is 0. The second kappa shape index (κ2) is 3.96. The SMILES string of the molecule is Cc1ccncc1C(=O)c1ccncn1. The van der Waals surface area contributed by atoms with E-state index >= 15 is 0 Å². The number of pyridine rings is 1. The molecule has 0 amide bonds. The first-order valence-electron chi connectivity index (χ1n) is 4.50. The van der Waals surface area contributed by atoms with Crippen molar-refractivity contribution in [1.29, 1.82) is 0 Å². The average molecular weight is 199 g/mol. The van der Waals surface area contributed by atoms with Crippen LogP contribution in [0.2, 0.25) is 0 Å². The Balaban J connectivity index is 2.42. The molecule has 0 bridgehead atoms. The summed E-state index contributed by atoms with van der Waals surface area (Å²) in [5.41, 5.74) is 1.87. The summed E-state index contributed by atoms with van der Waals surface area (Å²) in [7, 11) is 0. The molecule has 0 fully saturated rings. The molecule has 4 nitrogen and oxygen atoms in total. The van der Waals surface area contributed by atoms with Gasteiger partial charge < -0.3 is 0 Å². The standard InChI is InChI=1S/C11H9N3O/c1-8-2-4-12-6-9(8)11(15)10-3-5-13-7-14-10/h2-7H,1H3. The Morgan fingerprint density at radius 1 is 1.20 bits per heavy atom. The first-order chi connectivity index (χ1) is 7.29. The van der Waals surface area contributed by atoms with E-state index in [0.717, 1.165) is 5.56 Å². The van der Waals surface area contributed by atoms with E-state index in [-0.39, 0.29) is 5.78 Å². The van der Waals surface area contributed by atoms with E-state index in [1.807, 2.05) is 6.92 Å². The van der Waals surface area contributed by atoms with Crippen LogP contribution in [0.4, 0.5) is 0 Å². The maximum Gasteiger partial charge on any atom is 0.213 e. The van der Waals surface area contributed by atoms with Crippen LogP contribution in [-0.2, 0) is 0 Å². The van der Waals surface area contributed by atoms with Crippen molar-refractivity contribution >= 4 is 5.78 Å². The van der Waals surface area contributed by atoms with Crippen molar-refractivity contribution in [3.8, 4) is 0 Å². The van der Waals surface area contributed by atoms with Crippen LogP contribution in [0.25, 0.3) is 0 Å². The molecule has 15 heavy (non-hydrogen) atoms. The van der Waals surface area contributed by atoms with Crippen LogP contribution < -0.4 is 0 Å². The van der Waals surface area contributed by atoms with E-state index in [4.69, 9.17) is 0 Å². The number of carbonyl (C=O) groups excluding carboxylic acids is 1. The van der Waals surface area contributed by atoms with Crippen LogP contribution in [0.5, 0.6) is 0 Å². The van der Waals surface area contributed by atoms with Crippen LogP contribution in [0.1, 0.15) is 21.6 Å². The molecule has 0 unspecified atom stereocenters. The molecule has 2 aromatic rings. The molecule has 2 heterocycles. The fourth-order valence-corrected chi connectivity index (χ4v) is 1.26. The first-order valence-corrected chi connectivity index (χ1v) is 4.50. The minimum atomic E-state index is -0.122. The van der Waals surface area contributed by atoms with Crippen molar-refractivity contribution in [2.45, 2.75) is 6.92 Å². The summed E-state index contributed by atoms with van der Waals surface area (Å²) in [6, 6.07) is 3.39. The zero-order chi connectivity index (χ0) is 10.7. The second-order valence-corrected chi connectivity index (χ2v) is 3.11. The molecule has 0 saturated heterocycles. The van der Waals surface area contributed by atoms with Crippen LogP contribution in [0.3, 0.4) is 0 Å². The summed E-state index contributed by atoms with van der Waals surface area (Å²) in [6.07, 6.45) is 6.12. The van der Waals surface area contributed by atoms with Gasteiger partial charge >= 0.3 is 0 Å². The Morgan fingerprint density at radius 3 is 2.67 bits per heavy atom. The van der Waals surface area contributed by atoms with Gasteiger partial charge in [0.25, 0.3) is 0 Å². The highest BCUT2D eigenvalue weighted by Crippen LogP contribution is 2.09. The van der Waals surface area contributed by atoms with Gasteiger partial charge in [-0.2, -0.15) is 0 Å². The average Bonchev–Trinajstić information content (AvgIpc) is 2.30. The number of ketones is 1. The molecular formula is C11H9N3O. The predicted octanol–water partition coefficient (Wildman–Crippen LogP) is 1.41. The number of aryl methyl sites for hydroxylation is 1. The summed E-state index contributed by atoms with van der Waals surface area (Å²) >= 11 is 0. The number of hydrogen-bond donors (Lipinski definition) is 0. The first kappa shape index (κ1) is 9.45. The third kappa shape index (κ3) is 1.88. The Hall–Kier alpha value is -2.10. The smallest absolute Gasteiger partial charge is 0.213 e. The largest absolute Gasteiger partial charge is 0.287 e. The molecule has 0 aliphatic rings. The third-order valence-electron chi connectivity index (χ3n) is 2.10. The lowest BCUT2D eigenvalue weighted by atomic mass is 10.1. The fourth-order valence-electron chi connectivity index (χ4n) is 1.26. The lowest BCUT2D eigenvalue weighted by Gasteiger charge is -2.02. The summed E-state index contributed by atoms with van der Waals surface area (Å²) in [4.78, 5) is 23.5. The molecule has 0 aliphatic carbocycles. The Bertz CT molecular complexity index is 482. The molecule has 0 saturated carbocycles. The molecule has 0 spiro atoms. The van der Waals surface area contributed by atoms with Gasteiger partial charge in [-0.1, -0.05) is 0 Å². The third-order valence-corrected chi connectivity index (χ3v) is 2.10. The molecule has 0 aliphatic heterocycles. The molecule has 0 aromatic carbocycles. The van der Waals surface area contributed by atoms with Gasteiger partial charge in [-0.05, 0) is 24.6 Å². The quantitative estimate of drug-likeness (QED) is 0.686. The number of nitrogens with zero attached hydrogens (tertiary/aromatic N) is 3. The van der Waals surface area contributed by atoms with E-state index in [2.05, 4.69) is 15.0 Å². The van der Waals surface area contributed by atoms with Crippen molar-refractivity contribution in [2.75, 3.05) is 0 Å². The van der Waals surface area contributed by atoms with Crippen molar-refractivity contribution in [1.82, 2.24) is 15.0 Å². The van der Waals surface area contributed by atoms with E-state index in [9.17, 15) is 4.79 Å². The van der Waals surface area contributed by atoms with Crippen LogP contribution >= 0.6 is 0 Å². The van der Waals surface area contributed by atoms with Crippen LogP contribution in [-0.4, -0.2) is 20.7 Å². The maximum atomic E-state index is 11.9. The number of aromatic nitrogens is 3. The van der Waals surface area contributed by atoms with Gasteiger partial charge in [0.05, 0.1) is 0 Å². The summed E-state index contributed by atoms with van der Waals surface area (Å²) in [5, 5.41) is 0. The van der Waals surface area contributed by atoms with E-state index in [1.54, 1.807) is 30.7 Å². The molecule has 0 N–H and O–H groups in total. The highest BCUT2D eigenvalue weighted by molar-refractivity contribution is 6.08. The summed E-state index contributed by atoms with van der Waals surface area (Å²) in [5.74, 6) is -0.122. The minimum Gasteiger partial charge on any atom is -0.287 e. The van der Waals surface area contributed by atoms with Crippen molar-refractivity contribution < 1.29 is 4.79 Å². The molecule has 0 atom stereocenters. The molecule has 74 valence electrons. The summed E-state index contributed by atoms with van der Waals surface area (Å²) in [6.45, 7) is 1.87. The fraction of sp³-hybridized carbons (Fsp3) is 0.0909. The Kier molecular flexibility index (Phi) is 2.49. The van der Waals surface area contributed by atoms with Gasteiger partial charge in [0, 0.05) is 24.2 Å². The van der Waals surface area contributed by atoms with Gasteiger partial charge in [0.15, 0.2) is 0 Å². The van der Waals surface area contributed by atoms with E-state index < -0.39 is 0 Å². The lowest BCUT2D eigenvalue weighted by molar-refractivity contribution is 0.103. The Morgan fingerprint density at radius 2 is 2.00 bits per heavy atom. The van der Waals surface area contributed by atoms with Crippen molar-refractivity contribution in [3.05, 3.63) is 53.9 Å².